The molecule has 1 heterocycles. The summed E-state index contributed by atoms with van der Waals surface area (Å²) in [6.45, 7) is 0. The highest BCUT2D eigenvalue weighted by Crippen LogP contribution is 2.39. The molecule has 0 radical (unpaired) electrons. The van der Waals surface area contributed by atoms with E-state index in [9.17, 15) is 0 Å². The molecular weight excluding hydrogens is 349 g/mol. The maximum absolute atomic E-state index is 6.60. The number of benzene rings is 4. The zero-order chi connectivity index (χ0) is 17.0. The summed E-state index contributed by atoms with van der Waals surface area (Å²) in [5, 5.41) is 6.15. The van der Waals surface area contributed by atoms with E-state index in [2.05, 4.69) is 47.0 Å². The molecule has 5 rings (SSSR count). The van der Waals surface area contributed by atoms with E-state index in [0.29, 0.717) is 5.02 Å². The van der Waals surface area contributed by atoms with Gasteiger partial charge in [0.2, 0.25) is 0 Å². The van der Waals surface area contributed by atoms with Crippen LogP contribution in [0.15, 0.2) is 78.9 Å². The summed E-state index contributed by atoms with van der Waals surface area (Å²) in [4.78, 5) is 0. The molecule has 0 aliphatic rings. The van der Waals surface area contributed by atoms with Gasteiger partial charge < -0.3 is 4.57 Å². The predicted molar refractivity (Wildman–Crippen MR) is 108 cm³/mol. The molecule has 4 aromatic carbocycles. The van der Waals surface area contributed by atoms with Crippen molar-refractivity contribution in [2.75, 3.05) is 0 Å². The maximum atomic E-state index is 6.60. The minimum atomic E-state index is 0.703. The average molecular weight is 362 g/mol. The van der Waals surface area contributed by atoms with Crippen LogP contribution >= 0.6 is 23.2 Å². The van der Waals surface area contributed by atoms with Crippen LogP contribution in [0.25, 0.3) is 38.3 Å². The third-order valence-electron chi connectivity index (χ3n) is 4.70. The van der Waals surface area contributed by atoms with E-state index in [4.69, 9.17) is 23.2 Å². The minimum Gasteiger partial charge on any atom is -0.306 e. The van der Waals surface area contributed by atoms with Crippen LogP contribution in [0.2, 0.25) is 10.0 Å². The molecule has 25 heavy (non-hydrogen) atoms. The van der Waals surface area contributed by atoms with Crippen LogP contribution in [0, 0.1) is 0 Å². The fourth-order valence-electron chi connectivity index (χ4n) is 3.59. The third kappa shape index (κ3) is 2.17. The van der Waals surface area contributed by atoms with Crippen molar-refractivity contribution in [3.63, 3.8) is 0 Å². The number of hydrogen-bond acceptors (Lipinski definition) is 0. The smallest absolute Gasteiger partial charge is 0.0727 e. The molecular formula is C22H13Cl2N. The molecule has 0 N–H and O–H groups in total. The third-order valence-corrected chi connectivity index (χ3v) is 5.32. The fraction of sp³-hybridized carbons (Fsp3) is 0. The van der Waals surface area contributed by atoms with Crippen LogP contribution in [0.3, 0.4) is 0 Å². The Balaban J connectivity index is 2.07. The number of para-hydroxylation sites is 2. The Morgan fingerprint density at radius 2 is 1.28 bits per heavy atom. The van der Waals surface area contributed by atoms with E-state index in [1.54, 1.807) is 0 Å². The molecule has 0 aliphatic heterocycles. The van der Waals surface area contributed by atoms with Crippen molar-refractivity contribution < 1.29 is 0 Å². The zero-order valence-electron chi connectivity index (χ0n) is 13.2. The number of aromatic nitrogens is 1. The second-order valence-corrected chi connectivity index (χ2v) is 6.95. The molecule has 0 atom stereocenters. The summed E-state index contributed by atoms with van der Waals surface area (Å²) in [6.07, 6.45) is 0. The van der Waals surface area contributed by atoms with Gasteiger partial charge in [-0.2, -0.15) is 0 Å². The van der Waals surface area contributed by atoms with E-state index in [1.807, 2.05) is 36.4 Å². The molecule has 0 spiro atoms. The summed E-state index contributed by atoms with van der Waals surface area (Å²) >= 11 is 13.1. The van der Waals surface area contributed by atoms with Gasteiger partial charge in [-0.1, -0.05) is 71.7 Å². The number of nitrogens with zero attached hydrogens (tertiary/aromatic N) is 1. The second kappa shape index (κ2) is 5.52. The highest BCUT2D eigenvalue weighted by atomic mass is 35.5. The molecule has 1 aromatic heterocycles. The Morgan fingerprint density at radius 3 is 2.08 bits per heavy atom. The van der Waals surface area contributed by atoms with E-state index >= 15 is 0 Å². The minimum absolute atomic E-state index is 0.703. The van der Waals surface area contributed by atoms with Crippen LogP contribution < -0.4 is 0 Å². The SMILES string of the molecule is Clc1ccccc1-n1c2cc3ccccc3cc2c2cccc(Cl)c21. The van der Waals surface area contributed by atoms with Gasteiger partial charge in [0.25, 0.3) is 0 Å². The highest BCUT2D eigenvalue weighted by molar-refractivity contribution is 6.37. The van der Waals surface area contributed by atoms with Crippen LogP contribution in [-0.4, -0.2) is 4.57 Å². The van der Waals surface area contributed by atoms with Crippen LogP contribution in [-0.2, 0) is 0 Å². The first kappa shape index (κ1) is 14.8. The van der Waals surface area contributed by atoms with Gasteiger partial charge in [0.1, 0.15) is 0 Å². The van der Waals surface area contributed by atoms with Crippen molar-refractivity contribution in [1.82, 2.24) is 4.57 Å². The lowest BCUT2D eigenvalue weighted by Gasteiger charge is -2.11. The first-order valence-corrected chi connectivity index (χ1v) is 8.86. The van der Waals surface area contributed by atoms with Gasteiger partial charge in [-0.3, -0.25) is 0 Å². The van der Waals surface area contributed by atoms with Crippen LogP contribution in [0.5, 0.6) is 0 Å². The van der Waals surface area contributed by atoms with Gasteiger partial charge in [-0.25, -0.2) is 0 Å². The molecule has 0 saturated heterocycles. The number of fused-ring (bicyclic) bond motifs is 4. The molecule has 0 unspecified atom stereocenters. The van der Waals surface area contributed by atoms with Gasteiger partial charge in [0.05, 0.1) is 26.8 Å². The number of halogens is 2. The molecule has 0 bridgehead atoms. The van der Waals surface area contributed by atoms with Gasteiger partial charge in [-0.05, 0) is 41.1 Å². The van der Waals surface area contributed by atoms with E-state index in [-0.39, 0.29) is 0 Å². The Labute approximate surface area is 155 Å². The van der Waals surface area contributed by atoms with Crippen LogP contribution in [0.1, 0.15) is 0 Å². The van der Waals surface area contributed by atoms with Gasteiger partial charge in [-0.15, -0.1) is 0 Å². The van der Waals surface area contributed by atoms with Crippen LogP contribution in [0.4, 0.5) is 0 Å². The standard InChI is InChI=1S/C22H13Cl2N/c23-18-9-3-4-11-20(18)25-21-13-15-7-2-1-6-14(15)12-17(21)16-8-5-10-19(24)22(16)25/h1-13H. The van der Waals surface area contributed by atoms with Crippen molar-refractivity contribution in [3.8, 4) is 5.69 Å². The molecule has 120 valence electrons. The first-order chi connectivity index (χ1) is 12.2. The Hall–Kier alpha value is -2.48. The van der Waals surface area contributed by atoms with Crippen molar-refractivity contribution in [1.29, 1.82) is 0 Å². The number of rotatable bonds is 1. The second-order valence-electron chi connectivity index (χ2n) is 6.14. The average Bonchev–Trinajstić information content (AvgIpc) is 2.95. The van der Waals surface area contributed by atoms with Crippen molar-refractivity contribution in [3.05, 3.63) is 88.9 Å². The molecule has 0 saturated carbocycles. The summed E-state index contributed by atoms with van der Waals surface area (Å²) in [7, 11) is 0. The van der Waals surface area contributed by atoms with Crippen molar-refractivity contribution >= 4 is 55.8 Å². The maximum Gasteiger partial charge on any atom is 0.0727 e. The summed E-state index contributed by atoms with van der Waals surface area (Å²) < 4.78 is 2.17. The van der Waals surface area contributed by atoms with Crippen molar-refractivity contribution in [2.45, 2.75) is 0 Å². The fourth-order valence-corrected chi connectivity index (χ4v) is 4.07. The number of hydrogen-bond donors (Lipinski definition) is 0. The molecule has 0 amide bonds. The Kier molecular flexibility index (Phi) is 3.27. The Bertz CT molecular complexity index is 1270. The highest BCUT2D eigenvalue weighted by Gasteiger charge is 2.16. The summed E-state index contributed by atoms with van der Waals surface area (Å²) in [5.74, 6) is 0. The Morgan fingerprint density at radius 1 is 0.600 bits per heavy atom. The predicted octanol–water partition coefficient (Wildman–Crippen LogP) is 7.24. The largest absolute Gasteiger partial charge is 0.306 e. The molecule has 3 heteroatoms. The van der Waals surface area contributed by atoms with Crippen molar-refractivity contribution in [2.24, 2.45) is 0 Å². The van der Waals surface area contributed by atoms with E-state index < -0.39 is 0 Å². The van der Waals surface area contributed by atoms with Gasteiger partial charge >= 0.3 is 0 Å². The van der Waals surface area contributed by atoms with E-state index in [0.717, 1.165) is 27.1 Å². The normalized spacial score (nSPS) is 11.6. The zero-order valence-corrected chi connectivity index (χ0v) is 14.7. The topological polar surface area (TPSA) is 4.93 Å². The lowest BCUT2D eigenvalue weighted by atomic mass is 10.1. The quantitative estimate of drug-likeness (QED) is 0.296. The molecule has 1 nitrogen and oxygen atoms in total. The lowest BCUT2D eigenvalue weighted by Crippen LogP contribution is -1.95. The molecule has 0 fully saturated rings. The summed E-state index contributed by atoms with van der Waals surface area (Å²) in [6, 6.07) is 26.7. The van der Waals surface area contributed by atoms with E-state index in [1.165, 1.54) is 16.2 Å². The molecule has 5 aromatic rings. The first-order valence-electron chi connectivity index (χ1n) is 8.10. The molecule has 0 aliphatic carbocycles. The monoisotopic (exact) mass is 361 g/mol. The van der Waals surface area contributed by atoms with Gasteiger partial charge in [0, 0.05) is 10.8 Å². The lowest BCUT2D eigenvalue weighted by molar-refractivity contribution is 1.18. The summed E-state index contributed by atoms with van der Waals surface area (Å²) in [5.41, 5.74) is 3.03. The van der Waals surface area contributed by atoms with Gasteiger partial charge in [0.15, 0.2) is 0 Å².